The smallest absolute Gasteiger partial charge is 0.246 e. The zero-order valence-electron chi connectivity index (χ0n) is 18.5. The fourth-order valence-electron chi connectivity index (χ4n) is 3.98. The van der Waals surface area contributed by atoms with Crippen molar-refractivity contribution in [3.8, 4) is 5.75 Å². The van der Waals surface area contributed by atoms with Crippen molar-refractivity contribution in [1.29, 1.82) is 0 Å². The number of methoxy groups -OCH3 is 1. The van der Waals surface area contributed by atoms with Gasteiger partial charge in [-0.05, 0) is 49.8 Å². The van der Waals surface area contributed by atoms with E-state index >= 15 is 0 Å². The maximum absolute atomic E-state index is 12.7. The monoisotopic (exact) mass is 418 g/mol. The number of hydrogen-bond donors (Lipinski definition) is 0. The van der Waals surface area contributed by atoms with Crippen LogP contribution in [-0.2, 0) is 4.79 Å². The van der Waals surface area contributed by atoms with Crippen molar-refractivity contribution in [2.24, 2.45) is 4.99 Å². The third-order valence-corrected chi connectivity index (χ3v) is 5.84. The molecule has 2 heterocycles. The summed E-state index contributed by atoms with van der Waals surface area (Å²) in [4.78, 5) is 23.4. The summed E-state index contributed by atoms with van der Waals surface area (Å²) in [5.74, 6) is 0.828. The van der Waals surface area contributed by atoms with Gasteiger partial charge in [-0.2, -0.15) is 0 Å². The normalized spacial score (nSPS) is 18.8. The van der Waals surface area contributed by atoms with Crippen LogP contribution < -0.4 is 14.5 Å². The van der Waals surface area contributed by atoms with E-state index in [-0.39, 0.29) is 11.9 Å². The lowest BCUT2D eigenvalue weighted by atomic mass is 10.1. The van der Waals surface area contributed by atoms with Gasteiger partial charge in [0.15, 0.2) is 0 Å². The molecular weight excluding hydrogens is 388 g/mol. The van der Waals surface area contributed by atoms with Gasteiger partial charge in [0.1, 0.15) is 5.75 Å². The highest BCUT2D eigenvalue weighted by Gasteiger charge is 2.20. The molecule has 1 saturated heterocycles. The second kappa shape index (κ2) is 9.25. The van der Waals surface area contributed by atoms with Crippen LogP contribution in [0.3, 0.4) is 0 Å². The van der Waals surface area contributed by atoms with Crippen LogP contribution >= 0.6 is 0 Å². The van der Waals surface area contributed by atoms with E-state index in [1.54, 1.807) is 13.2 Å². The van der Waals surface area contributed by atoms with Crippen LogP contribution in [0.1, 0.15) is 18.1 Å². The summed E-state index contributed by atoms with van der Waals surface area (Å²) in [5, 5.41) is 0. The fourth-order valence-corrected chi connectivity index (χ4v) is 3.98. The molecule has 1 atom stereocenters. The number of piperazine rings is 1. The number of benzene rings is 2. The number of carbonyl (C=O) groups excluding carboxylic acids is 1. The van der Waals surface area contributed by atoms with E-state index in [4.69, 9.17) is 4.74 Å². The molecule has 1 unspecified atom stereocenters. The highest BCUT2D eigenvalue weighted by atomic mass is 16.5. The van der Waals surface area contributed by atoms with Crippen molar-refractivity contribution in [1.82, 2.24) is 4.90 Å². The topological polar surface area (TPSA) is 48.4 Å². The minimum absolute atomic E-state index is 0.0482. The van der Waals surface area contributed by atoms with Crippen molar-refractivity contribution in [2.45, 2.75) is 19.9 Å². The number of carbonyl (C=O) groups is 1. The molecule has 0 saturated carbocycles. The predicted octanol–water partition coefficient (Wildman–Crippen LogP) is 3.60. The summed E-state index contributed by atoms with van der Waals surface area (Å²) < 4.78 is 5.58. The molecule has 6 nitrogen and oxygen atoms in total. The Morgan fingerprint density at radius 3 is 2.48 bits per heavy atom. The van der Waals surface area contributed by atoms with Crippen LogP contribution in [0.15, 0.2) is 53.5 Å². The standard InChI is InChI=1S/C25H30N4O2/c1-19-4-8-22(9-5-19)27-12-14-28(15-13-27)25(30)11-7-21-6-10-23(24(16-21)31-3)29-17-20(2)26-18-29/h4-11,16,18,20H,12-15,17H2,1-3H3/b11-7+. The van der Waals surface area contributed by atoms with Gasteiger partial charge in [-0.25, -0.2) is 0 Å². The summed E-state index contributed by atoms with van der Waals surface area (Å²) in [5.41, 5.74) is 4.41. The molecule has 2 aromatic carbocycles. The van der Waals surface area contributed by atoms with Gasteiger partial charge in [0.05, 0.1) is 25.2 Å². The van der Waals surface area contributed by atoms with Gasteiger partial charge in [0.25, 0.3) is 0 Å². The van der Waals surface area contributed by atoms with Crippen LogP contribution in [0.2, 0.25) is 0 Å². The lowest BCUT2D eigenvalue weighted by molar-refractivity contribution is -0.126. The van der Waals surface area contributed by atoms with Crippen LogP contribution in [0.4, 0.5) is 11.4 Å². The number of hydrogen-bond acceptors (Lipinski definition) is 5. The molecule has 0 spiro atoms. The number of rotatable bonds is 5. The highest BCUT2D eigenvalue weighted by molar-refractivity contribution is 5.92. The van der Waals surface area contributed by atoms with Crippen molar-refractivity contribution < 1.29 is 9.53 Å². The number of aryl methyl sites for hydroxylation is 1. The number of nitrogens with zero attached hydrogens (tertiary/aromatic N) is 4. The Morgan fingerprint density at radius 1 is 1.10 bits per heavy atom. The van der Waals surface area contributed by atoms with Gasteiger partial charge >= 0.3 is 0 Å². The molecule has 0 radical (unpaired) electrons. The summed E-state index contributed by atoms with van der Waals surface area (Å²) in [6.45, 7) is 8.18. The lowest BCUT2D eigenvalue weighted by Gasteiger charge is -2.35. The summed E-state index contributed by atoms with van der Waals surface area (Å²) in [6.07, 6.45) is 5.38. The van der Waals surface area contributed by atoms with E-state index in [0.29, 0.717) is 0 Å². The van der Waals surface area contributed by atoms with Crippen molar-refractivity contribution in [3.05, 3.63) is 59.7 Å². The molecular formula is C25H30N4O2. The largest absolute Gasteiger partial charge is 0.495 e. The number of ether oxygens (including phenoxy) is 1. The molecule has 6 heteroatoms. The minimum Gasteiger partial charge on any atom is -0.495 e. The molecule has 1 fully saturated rings. The van der Waals surface area contributed by atoms with E-state index in [1.165, 1.54) is 11.3 Å². The van der Waals surface area contributed by atoms with E-state index in [9.17, 15) is 4.79 Å². The van der Waals surface area contributed by atoms with E-state index < -0.39 is 0 Å². The van der Waals surface area contributed by atoms with Gasteiger partial charge in [-0.3, -0.25) is 9.79 Å². The van der Waals surface area contributed by atoms with Gasteiger partial charge in [-0.1, -0.05) is 23.8 Å². The summed E-state index contributed by atoms with van der Waals surface area (Å²) in [6, 6.07) is 14.8. The van der Waals surface area contributed by atoms with Gasteiger partial charge in [-0.15, -0.1) is 0 Å². The maximum atomic E-state index is 12.7. The van der Waals surface area contributed by atoms with Crippen LogP contribution in [0.25, 0.3) is 6.08 Å². The van der Waals surface area contributed by atoms with Crippen LogP contribution in [0.5, 0.6) is 5.75 Å². The third-order valence-electron chi connectivity index (χ3n) is 5.84. The third kappa shape index (κ3) is 4.90. The Labute approximate surface area is 184 Å². The average molecular weight is 419 g/mol. The maximum Gasteiger partial charge on any atom is 0.246 e. The first kappa shape index (κ1) is 21.0. The first-order chi connectivity index (χ1) is 15.0. The molecule has 2 aromatic rings. The molecule has 0 aliphatic carbocycles. The Morgan fingerprint density at radius 2 is 1.84 bits per heavy atom. The van der Waals surface area contributed by atoms with Gasteiger partial charge < -0.3 is 19.4 Å². The van der Waals surface area contributed by atoms with Crippen LogP contribution in [0, 0.1) is 6.92 Å². The molecule has 4 rings (SSSR count). The predicted molar refractivity (Wildman–Crippen MR) is 127 cm³/mol. The van der Waals surface area contributed by atoms with Crippen molar-refractivity contribution in [2.75, 3.05) is 49.6 Å². The van der Waals surface area contributed by atoms with Gasteiger partial charge in [0.2, 0.25) is 5.91 Å². The SMILES string of the molecule is COc1cc(/C=C/C(=O)N2CCN(c3ccc(C)cc3)CC2)ccc1N1C=NC(C)C1. The molecule has 0 aromatic heterocycles. The molecule has 2 aliphatic rings. The Hall–Kier alpha value is -3.28. The average Bonchev–Trinajstić information content (AvgIpc) is 3.24. The zero-order valence-corrected chi connectivity index (χ0v) is 18.5. The molecule has 0 N–H and O–H groups in total. The Bertz CT molecular complexity index is 976. The first-order valence-electron chi connectivity index (χ1n) is 10.8. The lowest BCUT2D eigenvalue weighted by Crippen LogP contribution is -2.48. The van der Waals surface area contributed by atoms with Crippen LogP contribution in [-0.4, -0.2) is 63.0 Å². The highest BCUT2D eigenvalue weighted by Crippen LogP contribution is 2.30. The van der Waals surface area contributed by atoms with E-state index in [2.05, 4.69) is 52.9 Å². The molecule has 0 bridgehead atoms. The molecule has 1 amide bonds. The van der Waals surface area contributed by atoms with E-state index in [1.807, 2.05) is 35.5 Å². The molecule has 31 heavy (non-hydrogen) atoms. The van der Waals surface area contributed by atoms with Crippen molar-refractivity contribution in [3.63, 3.8) is 0 Å². The van der Waals surface area contributed by atoms with Crippen molar-refractivity contribution >= 4 is 29.7 Å². The first-order valence-corrected chi connectivity index (χ1v) is 10.8. The Kier molecular flexibility index (Phi) is 6.26. The Balaban J connectivity index is 1.36. The second-order valence-electron chi connectivity index (χ2n) is 8.18. The second-order valence-corrected chi connectivity index (χ2v) is 8.18. The van der Waals surface area contributed by atoms with Gasteiger partial charge in [0, 0.05) is 44.5 Å². The molecule has 162 valence electrons. The number of aliphatic imine (C=N–C) groups is 1. The molecule has 2 aliphatic heterocycles. The summed E-state index contributed by atoms with van der Waals surface area (Å²) in [7, 11) is 1.67. The number of anilines is 2. The minimum atomic E-state index is 0.0482. The quantitative estimate of drug-likeness (QED) is 0.696. The number of amides is 1. The zero-order chi connectivity index (χ0) is 21.8. The van der Waals surface area contributed by atoms with E-state index in [0.717, 1.165) is 49.7 Å². The fraction of sp³-hybridized carbons (Fsp3) is 0.360. The summed E-state index contributed by atoms with van der Waals surface area (Å²) >= 11 is 0.